The molecule has 1 aliphatic heterocycles. The summed E-state index contributed by atoms with van der Waals surface area (Å²) in [5, 5.41) is 4.07. The lowest BCUT2D eigenvalue weighted by atomic mass is 9.95. The second kappa shape index (κ2) is 8.83. The Morgan fingerprint density at radius 3 is 2.52 bits per heavy atom. The van der Waals surface area contributed by atoms with Crippen molar-refractivity contribution < 1.29 is 9.53 Å². The van der Waals surface area contributed by atoms with E-state index in [1.807, 2.05) is 24.3 Å². The molecule has 0 unspecified atom stereocenters. The van der Waals surface area contributed by atoms with Crippen LogP contribution in [0.5, 0.6) is 5.75 Å². The summed E-state index contributed by atoms with van der Waals surface area (Å²) < 4.78 is 5.29. The van der Waals surface area contributed by atoms with Gasteiger partial charge in [-0.15, -0.1) is 0 Å². The highest BCUT2D eigenvalue weighted by molar-refractivity contribution is 6.33. The first kappa shape index (κ1) is 19.8. The van der Waals surface area contributed by atoms with Crippen LogP contribution in [-0.4, -0.2) is 31.0 Å². The number of likely N-dealkylation sites (tertiary alicyclic amines) is 1. The van der Waals surface area contributed by atoms with E-state index in [-0.39, 0.29) is 11.8 Å². The van der Waals surface area contributed by atoms with Crippen molar-refractivity contribution in [3.63, 3.8) is 0 Å². The van der Waals surface area contributed by atoms with Gasteiger partial charge in [0.2, 0.25) is 5.91 Å². The van der Waals surface area contributed by atoms with Gasteiger partial charge in [-0.1, -0.05) is 35.3 Å². The Morgan fingerprint density at radius 2 is 1.89 bits per heavy atom. The number of piperidine rings is 1. The predicted molar refractivity (Wildman–Crippen MR) is 110 cm³/mol. The zero-order valence-corrected chi connectivity index (χ0v) is 16.7. The molecule has 1 fully saturated rings. The summed E-state index contributed by atoms with van der Waals surface area (Å²) in [7, 11) is 1.54. The average Bonchev–Trinajstić information content (AvgIpc) is 2.67. The number of rotatable bonds is 5. The fourth-order valence-electron chi connectivity index (χ4n) is 3.27. The minimum atomic E-state index is -0.0347. The van der Waals surface area contributed by atoms with Gasteiger partial charge in [-0.05, 0) is 49.7 Å². The molecule has 1 amide bonds. The molecule has 2 aromatic carbocycles. The van der Waals surface area contributed by atoms with E-state index in [1.165, 1.54) is 12.7 Å². The van der Waals surface area contributed by atoms with Gasteiger partial charge in [-0.3, -0.25) is 9.69 Å². The zero-order valence-electron chi connectivity index (χ0n) is 15.2. The minimum Gasteiger partial charge on any atom is -0.494 e. The van der Waals surface area contributed by atoms with Crippen LogP contribution in [-0.2, 0) is 11.3 Å². The van der Waals surface area contributed by atoms with Crippen LogP contribution in [0, 0.1) is 5.92 Å². The number of hydrogen-bond donors (Lipinski definition) is 2. The second-order valence-corrected chi connectivity index (χ2v) is 7.58. The summed E-state index contributed by atoms with van der Waals surface area (Å²) in [6.07, 6.45) is 1.62. The largest absolute Gasteiger partial charge is 0.494 e. The average molecular weight is 408 g/mol. The number of carbonyl (C=O) groups excluding carboxylic acids is 1. The van der Waals surface area contributed by atoms with Gasteiger partial charge in [0.05, 0.1) is 23.5 Å². The smallest absolute Gasteiger partial charge is 0.227 e. The number of nitrogen functional groups attached to an aromatic ring is 1. The van der Waals surface area contributed by atoms with Gasteiger partial charge >= 0.3 is 0 Å². The number of anilines is 2. The molecule has 144 valence electrons. The number of hydrogen-bond acceptors (Lipinski definition) is 4. The Hall–Kier alpha value is -1.95. The highest BCUT2D eigenvalue weighted by atomic mass is 35.5. The summed E-state index contributed by atoms with van der Waals surface area (Å²) in [5.41, 5.74) is 7.98. The van der Waals surface area contributed by atoms with Crippen molar-refractivity contribution in [3.8, 4) is 5.75 Å². The van der Waals surface area contributed by atoms with E-state index in [2.05, 4.69) is 10.2 Å². The first-order valence-corrected chi connectivity index (χ1v) is 9.62. The number of methoxy groups -OCH3 is 1. The molecule has 0 aliphatic carbocycles. The molecule has 27 heavy (non-hydrogen) atoms. The van der Waals surface area contributed by atoms with Gasteiger partial charge in [0, 0.05) is 23.6 Å². The molecule has 3 rings (SSSR count). The van der Waals surface area contributed by atoms with Gasteiger partial charge in [0.15, 0.2) is 0 Å². The molecule has 1 saturated heterocycles. The van der Waals surface area contributed by atoms with E-state index >= 15 is 0 Å². The number of carbonyl (C=O) groups is 1. The highest BCUT2D eigenvalue weighted by Crippen LogP contribution is 2.33. The van der Waals surface area contributed by atoms with E-state index < -0.39 is 0 Å². The van der Waals surface area contributed by atoms with Gasteiger partial charge in [-0.25, -0.2) is 0 Å². The van der Waals surface area contributed by atoms with Gasteiger partial charge < -0.3 is 15.8 Å². The number of nitrogens with two attached hydrogens (primary N) is 1. The van der Waals surface area contributed by atoms with Gasteiger partial charge in [-0.2, -0.15) is 0 Å². The number of amides is 1. The van der Waals surface area contributed by atoms with Crippen LogP contribution in [0.4, 0.5) is 11.4 Å². The molecule has 0 aromatic heterocycles. The molecule has 0 saturated carbocycles. The zero-order chi connectivity index (χ0) is 19.4. The summed E-state index contributed by atoms with van der Waals surface area (Å²) >= 11 is 12.0. The summed E-state index contributed by atoms with van der Waals surface area (Å²) in [6, 6.07) is 11.1. The molecule has 2 aromatic rings. The van der Waals surface area contributed by atoms with Crippen molar-refractivity contribution in [2.24, 2.45) is 5.92 Å². The lowest BCUT2D eigenvalue weighted by molar-refractivity contribution is -0.121. The third-order valence-corrected chi connectivity index (χ3v) is 5.43. The number of halogens is 2. The SMILES string of the molecule is COc1cc(N)c(Cl)cc1NC(=O)C1CCN(Cc2ccc(Cl)cc2)CC1. The van der Waals surface area contributed by atoms with E-state index in [1.54, 1.807) is 12.1 Å². The lowest BCUT2D eigenvalue weighted by Crippen LogP contribution is -2.37. The molecule has 0 bridgehead atoms. The first-order chi connectivity index (χ1) is 13.0. The Kier molecular flexibility index (Phi) is 6.47. The molecule has 7 heteroatoms. The van der Waals surface area contributed by atoms with Crippen molar-refractivity contribution >= 4 is 40.5 Å². The van der Waals surface area contributed by atoms with E-state index in [0.717, 1.165) is 37.5 Å². The van der Waals surface area contributed by atoms with Crippen molar-refractivity contribution in [1.29, 1.82) is 0 Å². The number of nitrogens with one attached hydrogen (secondary N) is 1. The number of benzene rings is 2. The fourth-order valence-corrected chi connectivity index (χ4v) is 3.56. The molecule has 5 nitrogen and oxygen atoms in total. The Bertz CT molecular complexity index is 804. The second-order valence-electron chi connectivity index (χ2n) is 6.74. The van der Waals surface area contributed by atoms with E-state index in [4.69, 9.17) is 33.7 Å². The predicted octanol–water partition coefficient (Wildman–Crippen LogP) is 4.43. The van der Waals surface area contributed by atoms with Crippen molar-refractivity contribution in [2.45, 2.75) is 19.4 Å². The van der Waals surface area contributed by atoms with Crippen LogP contribution in [0.2, 0.25) is 10.0 Å². The fraction of sp³-hybridized carbons (Fsp3) is 0.350. The van der Waals surface area contributed by atoms with Crippen molar-refractivity contribution in [3.05, 3.63) is 52.0 Å². The summed E-state index contributed by atoms with van der Waals surface area (Å²) in [5.74, 6) is 0.457. The monoisotopic (exact) mass is 407 g/mol. The third-order valence-electron chi connectivity index (χ3n) is 4.85. The lowest BCUT2D eigenvalue weighted by Gasteiger charge is -2.31. The van der Waals surface area contributed by atoms with Crippen LogP contribution in [0.3, 0.4) is 0 Å². The molecular weight excluding hydrogens is 385 g/mol. The Labute approximate surface area is 169 Å². The topological polar surface area (TPSA) is 67.6 Å². The molecule has 0 spiro atoms. The first-order valence-electron chi connectivity index (χ1n) is 8.87. The standard InChI is InChI=1S/C20H23Cl2N3O2/c1-27-19-11-17(23)16(22)10-18(19)24-20(26)14-6-8-25(9-7-14)12-13-2-4-15(21)5-3-13/h2-5,10-11,14H,6-9,12,23H2,1H3,(H,24,26). The number of ether oxygens (including phenoxy) is 1. The van der Waals surface area contributed by atoms with Crippen LogP contribution in [0.25, 0.3) is 0 Å². The van der Waals surface area contributed by atoms with Crippen molar-refractivity contribution in [1.82, 2.24) is 4.90 Å². The molecule has 3 N–H and O–H groups in total. The van der Waals surface area contributed by atoms with E-state index in [0.29, 0.717) is 22.1 Å². The minimum absolute atomic E-state index is 0.0136. The van der Waals surface area contributed by atoms with E-state index in [9.17, 15) is 4.79 Å². The molecule has 1 aliphatic rings. The molecule has 0 atom stereocenters. The van der Waals surface area contributed by atoms with Crippen LogP contribution < -0.4 is 15.8 Å². The Morgan fingerprint density at radius 1 is 1.22 bits per heavy atom. The van der Waals surface area contributed by atoms with Crippen LogP contribution in [0.15, 0.2) is 36.4 Å². The van der Waals surface area contributed by atoms with Crippen LogP contribution >= 0.6 is 23.2 Å². The quantitative estimate of drug-likeness (QED) is 0.718. The van der Waals surface area contributed by atoms with Crippen LogP contribution in [0.1, 0.15) is 18.4 Å². The van der Waals surface area contributed by atoms with Gasteiger partial charge in [0.25, 0.3) is 0 Å². The maximum Gasteiger partial charge on any atom is 0.227 e. The maximum absolute atomic E-state index is 12.7. The molecular formula is C20H23Cl2N3O2. The normalized spacial score (nSPS) is 15.5. The van der Waals surface area contributed by atoms with Crippen molar-refractivity contribution in [2.75, 3.05) is 31.2 Å². The molecule has 1 heterocycles. The van der Waals surface area contributed by atoms with Gasteiger partial charge in [0.1, 0.15) is 5.75 Å². The summed E-state index contributed by atoms with van der Waals surface area (Å²) in [6.45, 7) is 2.62. The highest BCUT2D eigenvalue weighted by Gasteiger charge is 2.26. The summed E-state index contributed by atoms with van der Waals surface area (Å²) in [4.78, 5) is 15.0. The third kappa shape index (κ3) is 5.06. The maximum atomic E-state index is 12.7. The molecule has 0 radical (unpaired) electrons. The number of nitrogens with zero attached hydrogens (tertiary/aromatic N) is 1. The Balaban J connectivity index is 1.56.